The summed E-state index contributed by atoms with van der Waals surface area (Å²) in [5, 5.41) is 0.568. The van der Waals surface area contributed by atoms with Gasteiger partial charge in [-0.3, -0.25) is 9.59 Å². The van der Waals surface area contributed by atoms with Crippen molar-refractivity contribution in [3.05, 3.63) is 17.0 Å². The first kappa shape index (κ1) is 20.1. The van der Waals surface area contributed by atoms with Crippen molar-refractivity contribution in [3.8, 4) is 0 Å². The third-order valence-electron chi connectivity index (χ3n) is 5.98. The van der Waals surface area contributed by atoms with Gasteiger partial charge in [-0.1, -0.05) is 31.0 Å². The lowest BCUT2D eigenvalue weighted by Gasteiger charge is -2.41. The van der Waals surface area contributed by atoms with Crippen molar-refractivity contribution in [2.75, 3.05) is 18.8 Å². The molecule has 27 heavy (non-hydrogen) atoms. The van der Waals surface area contributed by atoms with Crippen LogP contribution >= 0.6 is 11.8 Å². The molecule has 1 saturated carbocycles. The summed E-state index contributed by atoms with van der Waals surface area (Å²) in [6.45, 7) is 5.74. The van der Waals surface area contributed by atoms with Gasteiger partial charge in [0.25, 0.3) is 0 Å². The second-order valence-corrected chi connectivity index (χ2v) is 8.79. The average molecular weight is 391 g/mol. The zero-order valence-electron chi connectivity index (χ0n) is 16.4. The van der Waals surface area contributed by atoms with Crippen molar-refractivity contribution in [1.82, 2.24) is 14.9 Å². The molecule has 0 spiro atoms. The average Bonchev–Trinajstić information content (AvgIpc) is 2.65. The molecule has 1 aromatic heterocycles. The topological polar surface area (TPSA) is 89.2 Å². The zero-order valence-corrected chi connectivity index (χ0v) is 17.2. The van der Waals surface area contributed by atoms with Gasteiger partial charge in [0.2, 0.25) is 11.8 Å². The Morgan fingerprint density at radius 2 is 1.78 bits per heavy atom. The summed E-state index contributed by atoms with van der Waals surface area (Å²) >= 11 is 1.25. The van der Waals surface area contributed by atoms with E-state index < -0.39 is 0 Å². The summed E-state index contributed by atoms with van der Waals surface area (Å²) in [7, 11) is 0. The predicted molar refractivity (Wildman–Crippen MR) is 106 cm³/mol. The Bertz CT molecular complexity index is 686. The monoisotopic (exact) mass is 390 g/mol. The van der Waals surface area contributed by atoms with E-state index in [-0.39, 0.29) is 17.6 Å². The van der Waals surface area contributed by atoms with Gasteiger partial charge in [-0.2, -0.15) is 0 Å². The summed E-state index contributed by atoms with van der Waals surface area (Å²) in [5.74, 6) is 1.60. The molecule has 2 amide bonds. The molecule has 3 rings (SSSR count). The molecule has 0 unspecified atom stereocenters. The van der Waals surface area contributed by atoms with Gasteiger partial charge in [0.1, 0.15) is 0 Å². The molecular formula is C20H30N4O2S. The Kier molecular flexibility index (Phi) is 6.73. The number of carbonyl (C=O) groups is 2. The Balaban J connectivity index is 1.56. The van der Waals surface area contributed by atoms with Crippen LogP contribution in [-0.4, -0.2) is 45.5 Å². The van der Waals surface area contributed by atoms with Crippen LogP contribution in [0, 0.1) is 25.7 Å². The number of amides is 2. The number of carbonyl (C=O) groups excluding carboxylic acids is 2. The molecule has 2 fully saturated rings. The van der Waals surface area contributed by atoms with Crippen LogP contribution in [0.1, 0.15) is 55.5 Å². The molecule has 1 aliphatic heterocycles. The van der Waals surface area contributed by atoms with Gasteiger partial charge in [-0.05, 0) is 50.5 Å². The van der Waals surface area contributed by atoms with E-state index in [1.165, 1.54) is 43.9 Å². The standard InChI is InChI=1S/C20H30N4O2S/c1-13-17(14(2)23-20(22-13)27-12-18(21)25)7-8-19(26)24-10-9-15-5-3-4-6-16(15)11-24/h15-16H,3-12H2,1-2H3,(H2,21,25)/t15-,16+/m0/s1. The van der Waals surface area contributed by atoms with Gasteiger partial charge < -0.3 is 10.6 Å². The highest BCUT2D eigenvalue weighted by atomic mass is 32.2. The molecule has 0 aromatic carbocycles. The molecule has 1 saturated heterocycles. The fourth-order valence-corrected chi connectivity index (χ4v) is 5.16. The number of rotatable bonds is 6. The number of nitrogens with two attached hydrogens (primary N) is 1. The molecule has 148 valence electrons. The van der Waals surface area contributed by atoms with Crippen molar-refractivity contribution in [3.63, 3.8) is 0 Å². The van der Waals surface area contributed by atoms with Crippen LogP contribution in [0.2, 0.25) is 0 Å². The van der Waals surface area contributed by atoms with Crippen LogP contribution in [0.5, 0.6) is 0 Å². The zero-order chi connectivity index (χ0) is 19.4. The highest BCUT2D eigenvalue weighted by Gasteiger charge is 2.32. The molecule has 1 aromatic rings. The maximum atomic E-state index is 12.7. The first-order valence-corrected chi connectivity index (χ1v) is 11.0. The summed E-state index contributed by atoms with van der Waals surface area (Å²) in [6, 6.07) is 0. The Labute approximate surface area is 165 Å². The van der Waals surface area contributed by atoms with Gasteiger partial charge >= 0.3 is 0 Å². The molecule has 2 heterocycles. The van der Waals surface area contributed by atoms with E-state index in [1.54, 1.807) is 0 Å². The molecule has 0 radical (unpaired) electrons. The highest BCUT2D eigenvalue weighted by Crippen LogP contribution is 2.36. The van der Waals surface area contributed by atoms with Crippen LogP contribution in [0.15, 0.2) is 5.16 Å². The molecule has 6 nitrogen and oxygen atoms in total. The molecular weight excluding hydrogens is 360 g/mol. The lowest BCUT2D eigenvalue weighted by molar-refractivity contribution is -0.134. The number of hydrogen-bond acceptors (Lipinski definition) is 5. The Morgan fingerprint density at radius 3 is 2.44 bits per heavy atom. The summed E-state index contributed by atoms with van der Waals surface area (Å²) in [6.07, 6.45) is 7.66. The Hall–Kier alpha value is -1.63. The van der Waals surface area contributed by atoms with Gasteiger partial charge in [-0.15, -0.1) is 0 Å². The van der Waals surface area contributed by atoms with Crippen LogP contribution in [0.4, 0.5) is 0 Å². The van der Waals surface area contributed by atoms with Crippen LogP contribution in [-0.2, 0) is 16.0 Å². The predicted octanol–water partition coefficient (Wildman–Crippen LogP) is 2.64. The first-order valence-electron chi connectivity index (χ1n) is 9.97. The molecule has 7 heteroatoms. The van der Waals surface area contributed by atoms with Gasteiger partial charge in [0.15, 0.2) is 5.16 Å². The number of piperidine rings is 1. The maximum Gasteiger partial charge on any atom is 0.227 e. The molecule has 1 aliphatic carbocycles. The van der Waals surface area contributed by atoms with Crippen molar-refractivity contribution in [1.29, 1.82) is 0 Å². The minimum atomic E-state index is -0.379. The van der Waals surface area contributed by atoms with E-state index >= 15 is 0 Å². The van der Waals surface area contributed by atoms with Crippen molar-refractivity contribution >= 4 is 23.6 Å². The van der Waals surface area contributed by atoms with Crippen LogP contribution in [0.3, 0.4) is 0 Å². The van der Waals surface area contributed by atoms with Gasteiger partial charge in [0.05, 0.1) is 5.75 Å². The summed E-state index contributed by atoms with van der Waals surface area (Å²) < 4.78 is 0. The SMILES string of the molecule is Cc1nc(SCC(N)=O)nc(C)c1CCC(=O)N1CC[C@@H]2CCCC[C@@H]2C1. The number of hydrogen-bond donors (Lipinski definition) is 1. The number of thioether (sulfide) groups is 1. The summed E-state index contributed by atoms with van der Waals surface area (Å²) in [4.78, 5) is 34.7. The van der Waals surface area contributed by atoms with E-state index in [2.05, 4.69) is 14.9 Å². The molecule has 2 aliphatic rings. The normalized spacial score (nSPS) is 22.4. The molecule has 2 atom stereocenters. The van der Waals surface area contributed by atoms with Gasteiger partial charge in [-0.25, -0.2) is 9.97 Å². The summed E-state index contributed by atoms with van der Waals surface area (Å²) in [5.41, 5.74) is 7.99. The maximum absolute atomic E-state index is 12.7. The lowest BCUT2D eigenvalue weighted by atomic mass is 9.75. The quantitative estimate of drug-likeness (QED) is 0.596. The molecule has 0 bridgehead atoms. The first-order chi connectivity index (χ1) is 12.9. The number of fused-ring (bicyclic) bond motifs is 1. The number of nitrogens with zero attached hydrogens (tertiary/aromatic N) is 3. The van der Waals surface area contributed by atoms with E-state index in [1.807, 2.05) is 13.8 Å². The van der Waals surface area contributed by atoms with Crippen LogP contribution in [0.25, 0.3) is 0 Å². The second kappa shape index (κ2) is 9.04. The van der Waals surface area contributed by atoms with Crippen molar-refractivity contribution in [2.45, 2.75) is 63.9 Å². The van der Waals surface area contributed by atoms with E-state index in [0.717, 1.165) is 36.0 Å². The smallest absolute Gasteiger partial charge is 0.227 e. The number of primary amides is 1. The van der Waals surface area contributed by atoms with Crippen molar-refractivity contribution in [2.24, 2.45) is 17.6 Å². The third-order valence-corrected chi connectivity index (χ3v) is 6.85. The van der Waals surface area contributed by atoms with Gasteiger partial charge in [0, 0.05) is 30.9 Å². The second-order valence-electron chi connectivity index (χ2n) is 7.84. The highest BCUT2D eigenvalue weighted by molar-refractivity contribution is 7.99. The van der Waals surface area contributed by atoms with Crippen LogP contribution < -0.4 is 5.73 Å². The minimum Gasteiger partial charge on any atom is -0.369 e. The number of likely N-dealkylation sites (tertiary alicyclic amines) is 1. The lowest BCUT2D eigenvalue weighted by Crippen LogP contribution is -2.44. The van der Waals surface area contributed by atoms with E-state index in [0.29, 0.717) is 23.9 Å². The van der Waals surface area contributed by atoms with E-state index in [4.69, 9.17) is 5.73 Å². The Morgan fingerprint density at radius 1 is 1.11 bits per heavy atom. The van der Waals surface area contributed by atoms with Crippen molar-refractivity contribution < 1.29 is 9.59 Å². The molecule has 2 N–H and O–H groups in total. The fourth-order valence-electron chi connectivity index (χ4n) is 4.49. The third kappa shape index (κ3) is 5.21. The largest absolute Gasteiger partial charge is 0.369 e. The fraction of sp³-hybridized carbons (Fsp3) is 0.700. The number of aryl methyl sites for hydroxylation is 2. The number of aromatic nitrogens is 2. The van der Waals surface area contributed by atoms with E-state index in [9.17, 15) is 9.59 Å². The minimum absolute atomic E-state index is 0.174.